The Kier molecular flexibility index (Phi) is 4.00. The van der Waals surface area contributed by atoms with Gasteiger partial charge in [0.2, 0.25) is 5.95 Å². The van der Waals surface area contributed by atoms with Crippen LogP contribution in [0.4, 0.5) is 5.95 Å². The number of nitrogens with two attached hydrogens (primary N) is 1. The van der Waals surface area contributed by atoms with Crippen LogP contribution in [0.25, 0.3) is 5.82 Å². The Morgan fingerprint density at radius 1 is 1.19 bits per heavy atom. The number of aromatic nitrogens is 3. The molecule has 0 unspecified atom stereocenters. The summed E-state index contributed by atoms with van der Waals surface area (Å²) in [7, 11) is 0. The smallest absolute Gasteiger partial charge is 0.228 e. The van der Waals surface area contributed by atoms with E-state index in [4.69, 9.17) is 10.5 Å². The Balaban J connectivity index is 1.60. The number of ether oxygens (including phenoxy) is 1. The molecule has 3 N–H and O–H groups in total. The first-order valence-corrected chi connectivity index (χ1v) is 8.09. The van der Waals surface area contributed by atoms with E-state index in [1.807, 2.05) is 54.6 Å². The third-order valence-corrected chi connectivity index (χ3v) is 4.17. The number of nitrogens with one attached hydrogen (secondary N) is 1. The summed E-state index contributed by atoms with van der Waals surface area (Å²) in [6.07, 6.45) is 1.39. The Morgan fingerprint density at radius 2 is 2.04 bits per heavy atom. The van der Waals surface area contributed by atoms with Crippen molar-refractivity contribution in [3.63, 3.8) is 0 Å². The molecule has 0 saturated heterocycles. The van der Waals surface area contributed by atoms with E-state index in [0.29, 0.717) is 18.1 Å². The van der Waals surface area contributed by atoms with Gasteiger partial charge in [-0.2, -0.15) is 20.0 Å². The molecule has 7 heteroatoms. The molecule has 0 spiro atoms. The van der Waals surface area contributed by atoms with Crippen molar-refractivity contribution in [1.82, 2.24) is 14.8 Å². The minimum Gasteiger partial charge on any atom is -0.489 e. The highest BCUT2D eigenvalue weighted by atomic mass is 16.5. The monoisotopic (exact) mass is 344 g/mol. The predicted octanol–water partition coefficient (Wildman–Crippen LogP) is 2.67. The van der Waals surface area contributed by atoms with E-state index >= 15 is 0 Å². The van der Waals surface area contributed by atoms with Crippen LogP contribution in [0.5, 0.6) is 5.75 Å². The predicted molar refractivity (Wildman–Crippen MR) is 96.6 cm³/mol. The Labute approximate surface area is 150 Å². The quantitative estimate of drug-likeness (QED) is 0.754. The third-order valence-electron chi connectivity index (χ3n) is 4.17. The van der Waals surface area contributed by atoms with Gasteiger partial charge < -0.3 is 15.8 Å². The second kappa shape index (κ2) is 6.61. The standard InChI is InChI=1S/C19H16N6O/c20-10-16-17(24-19-22-12-23-25(19)18(16)21)14-7-4-8-15(9-14)26-11-13-5-2-1-3-6-13/h1-9,12,17H,11,21H2,(H,22,23,24)/t17-/m0/s1. The first kappa shape index (κ1) is 15.7. The number of benzene rings is 2. The minimum absolute atomic E-state index is 0.277. The van der Waals surface area contributed by atoms with Gasteiger partial charge in [0.25, 0.3) is 0 Å². The van der Waals surface area contributed by atoms with Crippen LogP contribution in [0.2, 0.25) is 0 Å². The Morgan fingerprint density at radius 3 is 2.85 bits per heavy atom. The molecule has 0 amide bonds. The maximum Gasteiger partial charge on any atom is 0.228 e. The van der Waals surface area contributed by atoms with Crippen molar-refractivity contribution in [2.45, 2.75) is 12.6 Å². The fourth-order valence-corrected chi connectivity index (χ4v) is 2.88. The summed E-state index contributed by atoms with van der Waals surface area (Å²) >= 11 is 0. The van der Waals surface area contributed by atoms with E-state index in [9.17, 15) is 5.26 Å². The SMILES string of the molecule is N#CC1=C(N)n2ncnc2N[C@H]1c1cccc(OCc2ccccc2)c1. The average molecular weight is 344 g/mol. The van der Waals surface area contributed by atoms with Crippen LogP contribution in [-0.2, 0) is 6.61 Å². The largest absolute Gasteiger partial charge is 0.489 e. The van der Waals surface area contributed by atoms with Gasteiger partial charge in [0.1, 0.15) is 30.6 Å². The Hall–Kier alpha value is -3.79. The number of nitriles is 1. The van der Waals surface area contributed by atoms with Crippen molar-refractivity contribution in [2.75, 3.05) is 5.32 Å². The second-order valence-electron chi connectivity index (χ2n) is 5.83. The van der Waals surface area contributed by atoms with E-state index in [2.05, 4.69) is 21.5 Å². The second-order valence-corrected chi connectivity index (χ2v) is 5.83. The highest BCUT2D eigenvalue weighted by Crippen LogP contribution is 2.33. The van der Waals surface area contributed by atoms with E-state index in [-0.39, 0.29) is 5.82 Å². The molecule has 0 fully saturated rings. The number of fused-ring (bicyclic) bond motifs is 1. The first-order valence-electron chi connectivity index (χ1n) is 8.09. The molecule has 0 bridgehead atoms. The van der Waals surface area contributed by atoms with Gasteiger partial charge in [0.15, 0.2) is 0 Å². The molecule has 0 radical (unpaired) electrons. The highest BCUT2D eigenvalue weighted by Gasteiger charge is 2.28. The number of hydrogen-bond donors (Lipinski definition) is 2. The van der Waals surface area contributed by atoms with Crippen molar-refractivity contribution >= 4 is 11.8 Å². The van der Waals surface area contributed by atoms with E-state index in [0.717, 1.165) is 16.9 Å². The number of rotatable bonds is 4. The summed E-state index contributed by atoms with van der Waals surface area (Å²) in [6.45, 7) is 0.472. The maximum absolute atomic E-state index is 9.56. The minimum atomic E-state index is -0.406. The summed E-state index contributed by atoms with van der Waals surface area (Å²) < 4.78 is 7.30. The average Bonchev–Trinajstić information content (AvgIpc) is 3.16. The van der Waals surface area contributed by atoms with Gasteiger partial charge in [-0.25, -0.2) is 0 Å². The van der Waals surface area contributed by atoms with Crippen molar-refractivity contribution in [2.24, 2.45) is 5.73 Å². The number of anilines is 1. The third kappa shape index (κ3) is 2.84. The zero-order chi connectivity index (χ0) is 17.9. The van der Waals surface area contributed by atoms with Gasteiger partial charge in [0.05, 0.1) is 11.6 Å². The summed E-state index contributed by atoms with van der Waals surface area (Å²) in [5, 5.41) is 16.8. The molecular formula is C19H16N6O. The first-order chi connectivity index (χ1) is 12.8. The van der Waals surface area contributed by atoms with E-state index in [1.165, 1.54) is 11.0 Å². The zero-order valence-electron chi connectivity index (χ0n) is 13.8. The summed E-state index contributed by atoms with van der Waals surface area (Å²) in [5.41, 5.74) is 8.44. The van der Waals surface area contributed by atoms with Crippen LogP contribution in [0.1, 0.15) is 17.2 Å². The molecule has 0 saturated carbocycles. The molecule has 26 heavy (non-hydrogen) atoms. The lowest BCUT2D eigenvalue weighted by molar-refractivity contribution is 0.306. The van der Waals surface area contributed by atoms with Crippen LogP contribution in [0.15, 0.2) is 66.5 Å². The lowest BCUT2D eigenvalue weighted by Gasteiger charge is -2.25. The molecule has 2 aromatic carbocycles. The molecule has 2 heterocycles. The molecule has 128 valence electrons. The van der Waals surface area contributed by atoms with Crippen molar-refractivity contribution in [3.05, 3.63) is 77.6 Å². The molecule has 3 aromatic rings. The normalized spacial score (nSPS) is 15.7. The lowest BCUT2D eigenvalue weighted by atomic mass is 9.98. The van der Waals surface area contributed by atoms with Gasteiger partial charge in [-0.3, -0.25) is 0 Å². The zero-order valence-corrected chi connectivity index (χ0v) is 13.8. The van der Waals surface area contributed by atoms with Crippen LogP contribution in [0.3, 0.4) is 0 Å². The topological polar surface area (TPSA) is 102 Å². The molecule has 1 aliphatic heterocycles. The lowest BCUT2D eigenvalue weighted by Crippen LogP contribution is -2.27. The molecule has 1 aromatic heterocycles. The number of hydrogen-bond acceptors (Lipinski definition) is 6. The summed E-state index contributed by atoms with van der Waals surface area (Å²) in [6, 6.07) is 19.3. The van der Waals surface area contributed by atoms with Crippen molar-refractivity contribution in [1.29, 1.82) is 5.26 Å². The van der Waals surface area contributed by atoms with Crippen LogP contribution < -0.4 is 15.8 Å². The molecule has 7 nitrogen and oxygen atoms in total. The van der Waals surface area contributed by atoms with Gasteiger partial charge in [-0.1, -0.05) is 42.5 Å². The fourth-order valence-electron chi connectivity index (χ4n) is 2.88. The highest BCUT2D eigenvalue weighted by molar-refractivity contribution is 5.65. The van der Waals surface area contributed by atoms with Gasteiger partial charge in [-0.15, -0.1) is 0 Å². The molecule has 1 aliphatic rings. The molecular weight excluding hydrogens is 328 g/mol. The van der Waals surface area contributed by atoms with Gasteiger partial charge in [-0.05, 0) is 23.3 Å². The van der Waals surface area contributed by atoms with Crippen molar-refractivity contribution in [3.8, 4) is 11.8 Å². The number of nitrogens with zero attached hydrogens (tertiary/aromatic N) is 4. The van der Waals surface area contributed by atoms with Crippen LogP contribution in [0, 0.1) is 11.3 Å². The van der Waals surface area contributed by atoms with Gasteiger partial charge >= 0.3 is 0 Å². The molecule has 1 atom stereocenters. The van der Waals surface area contributed by atoms with Crippen LogP contribution >= 0.6 is 0 Å². The van der Waals surface area contributed by atoms with Crippen molar-refractivity contribution < 1.29 is 4.74 Å². The summed E-state index contributed by atoms with van der Waals surface area (Å²) in [5.74, 6) is 1.50. The van der Waals surface area contributed by atoms with E-state index < -0.39 is 6.04 Å². The van der Waals surface area contributed by atoms with E-state index in [1.54, 1.807) is 0 Å². The maximum atomic E-state index is 9.56. The molecule has 0 aliphatic carbocycles. The fraction of sp³-hybridized carbons (Fsp3) is 0.105. The summed E-state index contributed by atoms with van der Waals surface area (Å²) in [4.78, 5) is 4.14. The van der Waals surface area contributed by atoms with Gasteiger partial charge in [0, 0.05) is 0 Å². The van der Waals surface area contributed by atoms with Crippen LogP contribution in [-0.4, -0.2) is 14.8 Å². The Bertz CT molecular complexity index is 1000. The molecule has 4 rings (SSSR count).